The molecule has 220 valence electrons. The zero-order valence-electron chi connectivity index (χ0n) is 23.0. The molecule has 2 bridgehead atoms. The van der Waals surface area contributed by atoms with E-state index in [2.05, 4.69) is 17.6 Å². The molecule has 0 unspecified atom stereocenters. The van der Waals surface area contributed by atoms with Gasteiger partial charge in [-0.3, -0.25) is 14.4 Å². The van der Waals surface area contributed by atoms with E-state index in [4.69, 9.17) is 14.2 Å². The number of rotatable bonds is 10. The third-order valence-corrected chi connectivity index (χ3v) is 9.56. The number of carbonyl (C=O) groups is 3. The Morgan fingerprint density at radius 3 is 2.38 bits per heavy atom. The summed E-state index contributed by atoms with van der Waals surface area (Å²) in [5.74, 6) is -3.06. The lowest BCUT2D eigenvalue weighted by atomic mass is 9.70. The zero-order valence-corrected chi connectivity index (χ0v) is 23.0. The number of carbonyl (C=O) groups excluding carboxylic acids is 2. The number of aliphatic hydroxyl groups is 1. The summed E-state index contributed by atoms with van der Waals surface area (Å²) in [6, 6.07) is 1.85. The molecule has 10 nitrogen and oxygen atoms in total. The van der Waals surface area contributed by atoms with Gasteiger partial charge >= 0.3 is 5.97 Å². The summed E-state index contributed by atoms with van der Waals surface area (Å²) >= 11 is 0. The second kappa shape index (κ2) is 11.2. The topological polar surface area (TPSA) is 143 Å². The molecule has 40 heavy (non-hydrogen) atoms. The van der Waals surface area contributed by atoms with Crippen LogP contribution in [0.1, 0.15) is 75.1 Å². The normalized spacial score (nSPS) is 32.1. The summed E-state index contributed by atoms with van der Waals surface area (Å²) in [5.41, 5.74) is -1.03. The molecular weight excluding hydrogens is 523 g/mol. The van der Waals surface area contributed by atoms with Gasteiger partial charge in [0, 0.05) is 12.6 Å². The number of aliphatic carboxylic acids is 1. The van der Waals surface area contributed by atoms with Gasteiger partial charge in [0.1, 0.15) is 5.75 Å². The maximum Gasteiger partial charge on any atom is 0.311 e. The maximum atomic E-state index is 14.9. The van der Waals surface area contributed by atoms with E-state index in [1.54, 1.807) is 0 Å². The number of amides is 2. The quantitative estimate of drug-likeness (QED) is 0.341. The highest BCUT2D eigenvalue weighted by atomic mass is 19.1. The summed E-state index contributed by atoms with van der Waals surface area (Å²) in [7, 11) is 1.34. The van der Waals surface area contributed by atoms with Crippen LogP contribution >= 0.6 is 0 Å². The standard InChI is InChI=1S/C29H39FN2O8/c1-28(8-3-9-28)14-31-26(35)23-19-4-5-20(40-19)24(23)32-25(34)17-12-22(18(30)13-21(17)38-2)39-16-6-10-29(15-33,11-7-16)27(36)37/h12-13,16,19-20,23-24,33H,3-11,14-15H2,1-2H3,(H,31,35)(H,32,34)(H,36,37)/t16-,19-,20+,23+,24-,29+/m0/s1. The van der Waals surface area contributed by atoms with Crippen molar-refractivity contribution in [2.75, 3.05) is 20.3 Å². The van der Waals surface area contributed by atoms with Gasteiger partial charge in [-0.15, -0.1) is 0 Å². The van der Waals surface area contributed by atoms with Crippen LogP contribution in [0.5, 0.6) is 11.5 Å². The molecule has 1 aromatic rings. The van der Waals surface area contributed by atoms with Crippen molar-refractivity contribution in [3.05, 3.63) is 23.5 Å². The van der Waals surface area contributed by atoms with Gasteiger partial charge in [0.2, 0.25) is 5.91 Å². The number of fused-ring (bicyclic) bond motifs is 2. The number of carboxylic acids is 1. The Morgan fingerprint density at radius 1 is 1.07 bits per heavy atom. The highest BCUT2D eigenvalue weighted by Gasteiger charge is 2.53. The average molecular weight is 563 g/mol. The van der Waals surface area contributed by atoms with Crippen LogP contribution in [0.3, 0.4) is 0 Å². The third-order valence-electron chi connectivity index (χ3n) is 9.56. The number of carboxylic acid groups (broad SMARTS) is 1. The summed E-state index contributed by atoms with van der Waals surface area (Å²) in [4.78, 5) is 38.3. The minimum atomic E-state index is -1.22. The molecule has 0 aromatic heterocycles. The largest absolute Gasteiger partial charge is 0.496 e. The van der Waals surface area contributed by atoms with E-state index in [1.807, 2.05) is 0 Å². The molecule has 0 spiro atoms. The van der Waals surface area contributed by atoms with Gasteiger partial charge in [-0.25, -0.2) is 4.39 Å². The van der Waals surface area contributed by atoms with Crippen LogP contribution in [0.25, 0.3) is 0 Å². The number of benzene rings is 1. The monoisotopic (exact) mass is 562 g/mol. The van der Waals surface area contributed by atoms with Gasteiger partial charge in [0.15, 0.2) is 11.6 Å². The van der Waals surface area contributed by atoms with Crippen molar-refractivity contribution in [2.45, 2.75) is 89.1 Å². The molecule has 2 aliphatic carbocycles. The van der Waals surface area contributed by atoms with Crippen LogP contribution in [0.15, 0.2) is 12.1 Å². The zero-order chi connectivity index (χ0) is 28.7. The van der Waals surface area contributed by atoms with E-state index in [0.717, 1.165) is 31.7 Å². The minimum Gasteiger partial charge on any atom is -0.496 e. The first-order valence-electron chi connectivity index (χ1n) is 14.2. The van der Waals surface area contributed by atoms with Gasteiger partial charge in [-0.1, -0.05) is 13.3 Å². The summed E-state index contributed by atoms with van der Waals surface area (Å²) in [6.45, 7) is 2.29. The summed E-state index contributed by atoms with van der Waals surface area (Å²) in [6.07, 6.45) is 4.83. The first-order chi connectivity index (χ1) is 19.1. The molecule has 2 saturated carbocycles. The van der Waals surface area contributed by atoms with Crippen LogP contribution in [-0.2, 0) is 14.3 Å². The molecule has 0 radical (unpaired) electrons. The molecular formula is C29H39FN2O8. The van der Waals surface area contributed by atoms with Crippen molar-refractivity contribution >= 4 is 17.8 Å². The van der Waals surface area contributed by atoms with Crippen molar-refractivity contribution in [1.29, 1.82) is 0 Å². The van der Waals surface area contributed by atoms with E-state index >= 15 is 0 Å². The van der Waals surface area contributed by atoms with Crippen molar-refractivity contribution in [2.24, 2.45) is 16.7 Å². The molecule has 2 aliphatic heterocycles. The molecule has 1 aromatic carbocycles. The predicted octanol–water partition coefficient (Wildman–Crippen LogP) is 2.80. The number of hydrogen-bond donors (Lipinski definition) is 4. The van der Waals surface area contributed by atoms with E-state index < -0.39 is 47.8 Å². The molecule has 4 fully saturated rings. The van der Waals surface area contributed by atoms with Crippen molar-refractivity contribution in [3.8, 4) is 11.5 Å². The predicted molar refractivity (Wildman–Crippen MR) is 141 cm³/mol. The highest BCUT2D eigenvalue weighted by Crippen LogP contribution is 2.42. The lowest BCUT2D eigenvalue weighted by molar-refractivity contribution is -0.155. The molecule has 11 heteroatoms. The van der Waals surface area contributed by atoms with Gasteiger partial charge < -0.3 is 35.1 Å². The van der Waals surface area contributed by atoms with E-state index in [0.29, 0.717) is 19.4 Å². The first-order valence-corrected chi connectivity index (χ1v) is 14.2. The highest BCUT2D eigenvalue weighted by molar-refractivity contribution is 5.98. The molecule has 4 aliphatic rings. The van der Waals surface area contributed by atoms with E-state index in [-0.39, 0.29) is 53.4 Å². The van der Waals surface area contributed by atoms with Gasteiger partial charge in [0.05, 0.1) is 55.0 Å². The van der Waals surface area contributed by atoms with Crippen LogP contribution in [0.4, 0.5) is 4.39 Å². The Morgan fingerprint density at radius 2 is 1.77 bits per heavy atom. The number of nitrogens with one attached hydrogen (secondary N) is 2. The molecule has 2 amide bonds. The summed E-state index contributed by atoms with van der Waals surface area (Å²) in [5, 5.41) is 25.1. The second-order valence-electron chi connectivity index (χ2n) is 12.2. The fraction of sp³-hybridized carbons (Fsp3) is 0.690. The van der Waals surface area contributed by atoms with Crippen LogP contribution < -0.4 is 20.1 Å². The van der Waals surface area contributed by atoms with Crippen LogP contribution in [0.2, 0.25) is 0 Å². The Kier molecular flexibility index (Phi) is 7.98. The van der Waals surface area contributed by atoms with Crippen LogP contribution in [0, 0.1) is 22.6 Å². The number of aliphatic hydroxyl groups excluding tert-OH is 1. The van der Waals surface area contributed by atoms with Crippen molar-refractivity contribution < 1.29 is 43.2 Å². The lowest BCUT2D eigenvalue weighted by Gasteiger charge is -2.39. The summed E-state index contributed by atoms with van der Waals surface area (Å²) < 4.78 is 32.1. The Labute approximate surface area is 232 Å². The minimum absolute atomic E-state index is 0.0270. The van der Waals surface area contributed by atoms with Crippen molar-refractivity contribution in [3.63, 3.8) is 0 Å². The second-order valence-corrected chi connectivity index (χ2v) is 12.2. The molecule has 4 N–H and O–H groups in total. The molecule has 2 heterocycles. The van der Waals surface area contributed by atoms with Crippen LogP contribution in [-0.4, -0.2) is 72.6 Å². The SMILES string of the molecule is COc1cc(F)c(O[C@H]2CC[C@@](CO)(C(=O)O)CC2)cc1C(=O)N[C@@H]1[C@H](C(=O)NCC2(C)CCC2)[C@@H]2CC[C@H]1O2. The fourth-order valence-electron chi connectivity index (χ4n) is 6.65. The van der Waals surface area contributed by atoms with E-state index in [1.165, 1.54) is 19.6 Å². The Bertz CT molecular complexity index is 1150. The lowest BCUT2D eigenvalue weighted by Crippen LogP contribution is -2.53. The number of ether oxygens (including phenoxy) is 3. The van der Waals surface area contributed by atoms with Gasteiger partial charge in [0.25, 0.3) is 5.91 Å². The average Bonchev–Trinajstić information content (AvgIpc) is 3.54. The molecule has 5 rings (SSSR count). The molecule has 2 saturated heterocycles. The Balaban J connectivity index is 1.28. The first kappa shape index (κ1) is 28.6. The number of hydrogen-bond acceptors (Lipinski definition) is 7. The number of halogens is 1. The third kappa shape index (κ3) is 5.37. The van der Waals surface area contributed by atoms with Gasteiger partial charge in [-0.2, -0.15) is 0 Å². The fourth-order valence-corrected chi connectivity index (χ4v) is 6.65. The maximum absolute atomic E-state index is 14.9. The molecule has 4 atom stereocenters. The van der Waals surface area contributed by atoms with E-state index in [9.17, 15) is 29.0 Å². The van der Waals surface area contributed by atoms with Crippen molar-refractivity contribution in [1.82, 2.24) is 10.6 Å². The van der Waals surface area contributed by atoms with Gasteiger partial charge in [-0.05, 0) is 62.8 Å². The Hall–Kier alpha value is -2.92. The number of methoxy groups -OCH3 is 1. The smallest absolute Gasteiger partial charge is 0.311 e.